The quantitative estimate of drug-likeness (QED) is 0.432. The maximum absolute atomic E-state index is 12.9. The fourth-order valence-corrected chi connectivity index (χ4v) is 5.53. The lowest BCUT2D eigenvalue weighted by Gasteiger charge is -2.14. The highest BCUT2D eigenvalue weighted by atomic mass is 35.5. The van der Waals surface area contributed by atoms with E-state index in [0.29, 0.717) is 32.2 Å². The summed E-state index contributed by atoms with van der Waals surface area (Å²) in [6, 6.07) is 3.29. The first-order valence-electron chi connectivity index (χ1n) is 11.0. The Labute approximate surface area is 205 Å². The van der Waals surface area contributed by atoms with Crippen LogP contribution in [0.4, 0.5) is 5.00 Å². The topological polar surface area (TPSA) is 107 Å². The average molecular weight is 505 g/mol. The van der Waals surface area contributed by atoms with E-state index in [1.807, 2.05) is 0 Å². The van der Waals surface area contributed by atoms with Gasteiger partial charge >= 0.3 is 11.9 Å². The third-order valence-electron chi connectivity index (χ3n) is 5.71. The highest BCUT2D eigenvalue weighted by molar-refractivity contribution is 7.17. The molecule has 34 heavy (non-hydrogen) atoms. The minimum Gasteiger partial charge on any atom is -0.495 e. The molecule has 1 aliphatic carbocycles. The summed E-state index contributed by atoms with van der Waals surface area (Å²) in [5.74, 6) is -1.23. The van der Waals surface area contributed by atoms with Gasteiger partial charge < -0.3 is 24.5 Å². The summed E-state index contributed by atoms with van der Waals surface area (Å²) in [5.41, 5.74) is 2.25. The summed E-state index contributed by atoms with van der Waals surface area (Å²) in [7, 11) is 1.48. The number of aromatic nitrogens is 1. The Kier molecular flexibility index (Phi) is 7.13. The van der Waals surface area contributed by atoms with E-state index in [1.165, 1.54) is 31.6 Å². The van der Waals surface area contributed by atoms with E-state index in [0.717, 1.165) is 36.1 Å². The van der Waals surface area contributed by atoms with E-state index in [1.54, 1.807) is 19.1 Å². The van der Waals surface area contributed by atoms with Gasteiger partial charge in [0.2, 0.25) is 0 Å². The van der Waals surface area contributed by atoms with Crippen LogP contribution in [0, 0.1) is 0 Å². The molecule has 180 valence electrons. The number of thiophene rings is 1. The molecule has 1 aliphatic rings. The third-order valence-corrected chi connectivity index (χ3v) is 7.22. The van der Waals surface area contributed by atoms with Gasteiger partial charge in [-0.15, -0.1) is 11.3 Å². The molecule has 10 heteroatoms. The van der Waals surface area contributed by atoms with Crippen molar-refractivity contribution in [3.63, 3.8) is 0 Å². The van der Waals surface area contributed by atoms with E-state index in [-0.39, 0.29) is 12.2 Å². The van der Waals surface area contributed by atoms with Gasteiger partial charge in [-0.2, -0.15) is 0 Å². The van der Waals surface area contributed by atoms with E-state index < -0.39 is 23.9 Å². The van der Waals surface area contributed by atoms with E-state index in [4.69, 9.17) is 25.8 Å². The number of carbonyl (C=O) groups excluding carboxylic acids is 3. The van der Waals surface area contributed by atoms with Crippen molar-refractivity contribution in [3.8, 4) is 5.75 Å². The van der Waals surface area contributed by atoms with E-state index in [2.05, 4.69) is 10.3 Å². The molecule has 0 bridgehead atoms. The van der Waals surface area contributed by atoms with Crippen LogP contribution in [0.25, 0.3) is 10.9 Å². The van der Waals surface area contributed by atoms with Crippen molar-refractivity contribution in [1.82, 2.24) is 4.98 Å². The molecule has 0 radical (unpaired) electrons. The summed E-state index contributed by atoms with van der Waals surface area (Å²) in [6.45, 7) is 3.47. The molecule has 1 amide bonds. The second-order valence-electron chi connectivity index (χ2n) is 7.91. The van der Waals surface area contributed by atoms with Crippen molar-refractivity contribution in [2.75, 3.05) is 19.0 Å². The van der Waals surface area contributed by atoms with Gasteiger partial charge in [-0.1, -0.05) is 11.6 Å². The molecule has 1 aromatic carbocycles. The van der Waals surface area contributed by atoms with Crippen molar-refractivity contribution in [2.45, 2.75) is 45.6 Å². The maximum atomic E-state index is 12.9. The second kappa shape index (κ2) is 10.1. The van der Waals surface area contributed by atoms with Crippen LogP contribution in [-0.2, 0) is 27.1 Å². The van der Waals surface area contributed by atoms with Crippen LogP contribution in [0.1, 0.15) is 57.8 Å². The van der Waals surface area contributed by atoms with Crippen LogP contribution < -0.4 is 10.1 Å². The first-order valence-corrected chi connectivity index (χ1v) is 12.2. The van der Waals surface area contributed by atoms with Crippen molar-refractivity contribution >= 4 is 56.7 Å². The van der Waals surface area contributed by atoms with Crippen LogP contribution in [-0.4, -0.2) is 42.7 Å². The number of aryl methyl sites for hydroxylation is 1. The summed E-state index contributed by atoms with van der Waals surface area (Å²) in [5, 5.41) is 4.18. The molecule has 0 aliphatic heterocycles. The minimum atomic E-state index is -1.10. The Morgan fingerprint density at radius 3 is 2.71 bits per heavy atom. The molecular formula is C24H25ClN2O6S. The summed E-state index contributed by atoms with van der Waals surface area (Å²) in [6.07, 6.45) is 4.06. The molecule has 2 N–H and O–H groups in total. The number of halogens is 1. The first-order chi connectivity index (χ1) is 16.3. The Balaban J connectivity index is 1.52. The standard InChI is InChI=1S/C24H25ClN2O6S/c1-4-32-24(30)20-13-7-5-6-8-19(13)34-22(20)27-21(28)12(2)33-23(29)15-11-26-17-10-16(25)18(31-3)9-14(15)17/h9-12,26H,4-8H2,1-3H3,(H,27,28). The molecule has 1 atom stereocenters. The van der Waals surface area contributed by atoms with Gasteiger partial charge in [-0.3, -0.25) is 4.79 Å². The van der Waals surface area contributed by atoms with E-state index >= 15 is 0 Å². The number of esters is 2. The molecule has 0 spiro atoms. The van der Waals surface area contributed by atoms with Crippen molar-refractivity contribution in [2.24, 2.45) is 0 Å². The number of ether oxygens (including phenoxy) is 3. The number of benzene rings is 1. The molecule has 2 heterocycles. The smallest absolute Gasteiger partial charge is 0.341 e. The Morgan fingerprint density at radius 2 is 1.97 bits per heavy atom. The largest absolute Gasteiger partial charge is 0.495 e. The number of anilines is 1. The highest BCUT2D eigenvalue weighted by Gasteiger charge is 2.29. The monoisotopic (exact) mass is 504 g/mol. The molecule has 2 aromatic heterocycles. The number of aromatic amines is 1. The van der Waals surface area contributed by atoms with E-state index in [9.17, 15) is 14.4 Å². The van der Waals surface area contributed by atoms with Crippen LogP contribution in [0.15, 0.2) is 18.3 Å². The van der Waals surface area contributed by atoms with Crippen LogP contribution in [0.3, 0.4) is 0 Å². The fraction of sp³-hybridized carbons (Fsp3) is 0.375. The number of rotatable bonds is 7. The number of methoxy groups -OCH3 is 1. The molecule has 3 aromatic rings. The highest BCUT2D eigenvalue weighted by Crippen LogP contribution is 2.39. The predicted molar refractivity (Wildman–Crippen MR) is 130 cm³/mol. The van der Waals surface area contributed by atoms with Crippen molar-refractivity contribution in [3.05, 3.63) is 44.9 Å². The number of H-pyrrole nitrogens is 1. The summed E-state index contributed by atoms with van der Waals surface area (Å²) in [4.78, 5) is 42.4. The Bertz CT molecular complexity index is 1260. The molecule has 1 unspecified atom stereocenters. The molecule has 0 saturated heterocycles. The SMILES string of the molecule is CCOC(=O)c1c(NC(=O)C(C)OC(=O)c2c[nH]c3cc(Cl)c(OC)cc23)sc2c1CCCC2. The van der Waals surface area contributed by atoms with Gasteiger partial charge in [-0.05, 0) is 57.2 Å². The van der Waals surface area contributed by atoms with Gasteiger partial charge in [0.25, 0.3) is 5.91 Å². The zero-order valence-electron chi connectivity index (χ0n) is 19.1. The molecule has 0 saturated carbocycles. The normalized spacial score (nSPS) is 13.8. The lowest BCUT2D eigenvalue weighted by Crippen LogP contribution is -2.30. The third kappa shape index (κ3) is 4.63. The van der Waals surface area contributed by atoms with Crippen molar-refractivity contribution in [1.29, 1.82) is 0 Å². The van der Waals surface area contributed by atoms with Crippen LogP contribution >= 0.6 is 22.9 Å². The van der Waals surface area contributed by atoms with Gasteiger partial charge in [0.1, 0.15) is 10.8 Å². The fourth-order valence-electron chi connectivity index (χ4n) is 4.01. The summed E-state index contributed by atoms with van der Waals surface area (Å²) < 4.78 is 15.9. The number of carbonyl (C=O) groups is 3. The number of amides is 1. The van der Waals surface area contributed by atoms with Gasteiger partial charge in [-0.25, -0.2) is 9.59 Å². The van der Waals surface area contributed by atoms with Crippen molar-refractivity contribution < 1.29 is 28.6 Å². The Hall–Kier alpha value is -3.04. The zero-order valence-corrected chi connectivity index (χ0v) is 20.7. The van der Waals surface area contributed by atoms with Gasteiger partial charge in [0.15, 0.2) is 6.10 Å². The summed E-state index contributed by atoms with van der Waals surface area (Å²) >= 11 is 7.52. The minimum absolute atomic E-state index is 0.242. The number of fused-ring (bicyclic) bond motifs is 2. The molecule has 8 nitrogen and oxygen atoms in total. The first kappa shape index (κ1) is 24.1. The average Bonchev–Trinajstić information content (AvgIpc) is 3.38. The number of hydrogen-bond acceptors (Lipinski definition) is 7. The molecule has 0 fully saturated rings. The Morgan fingerprint density at radius 1 is 1.21 bits per heavy atom. The molecule has 4 rings (SSSR count). The van der Waals surface area contributed by atoms with Gasteiger partial charge in [0.05, 0.1) is 29.9 Å². The van der Waals surface area contributed by atoms with Crippen LogP contribution in [0.2, 0.25) is 5.02 Å². The number of hydrogen-bond donors (Lipinski definition) is 2. The predicted octanol–water partition coefficient (Wildman–Crippen LogP) is 5.13. The second-order valence-corrected chi connectivity index (χ2v) is 9.42. The zero-order chi connectivity index (χ0) is 24.4. The number of nitrogens with one attached hydrogen (secondary N) is 2. The van der Waals surface area contributed by atoms with Crippen LogP contribution in [0.5, 0.6) is 5.75 Å². The van der Waals surface area contributed by atoms with Gasteiger partial charge in [0, 0.05) is 22.0 Å². The lowest BCUT2D eigenvalue weighted by atomic mass is 9.95. The maximum Gasteiger partial charge on any atom is 0.341 e. The molecular weight excluding hydrogens is 480 g/mol. The lowest BCUT2D eigenvalue weighted by molar-refractivity contribution is -0.123.